The van der Waals surface area contributed by atoms with Crippen LogP contribution in [0.1, 0.15) is 17.5 Å². The maximum absolute atomic E-state index is 13.1. The molecule has 39 heavy (non-hydrogen) atoms. The van der Waals surface area contributed by atoms with E-state index in [9.17, 15) is 16.8 Å². The number of nitrogens with zero attached hydrogens (tertiary/aromatic N) is 4. The summed E-state index contributed by atoms with van der Waals surface area (Å²) in [5, 5.41) is 3.42. The molecule has 0 N–H and O–H groups in total. The zero-order chi connectivity index (χ0) is 27.3. The van der Waals surface area contributed by atoms with Crippen molar-refractivity contribution in [3.8, 4) is 0 Å². The molecule has 5 rings (SSSR count). The third-order valence-corrected chi connectivity index (χ3v) is 11.4. The monoisotopic (exact) mass is 598 g/mol. The molecule has 2 aromatic heterocycles. The van der Waals surface area contributed by atoms with Crippen LogP contribution in [0.3, 0.4) is 0 Å². The zero-order valence-corrected chi connectivity index (χ0v) is 24.1. The van der Waals surface area contributed by atoms with E-state index in [1.165, 1.54) is 0 Å². The summed E-state index contributed by atoms with van der Waals surface area (Å²) in [5.74, 6) is 0.741. The number of hydrogen-bond donors (Lipinski definition) is 0. The highest BCUT2D eigenvalue weighted by atomic mass is 32.3. The molecule has 1 saturated heterocycles. The molecule has 0 aliphatic carbocycles. The fraction of sp³-hybridized carbons (Fsp3) is 0.185. The van der Waals surface area contributed by atoms with Crippen molar-refractivity contribution in [1.82, 2.24) is 9.80 Å². The van der Waals surface area contributed by atoms with E-state index in [1.807, 2.05) is 70.5 Å². The van der Waals surface area contributed by atoms with Gasteiger partial charge in [0, 0.05) is 37.3 Å². The first kappa shape index (κ1) is 27.3. The highest BCUT2D eigenvalue weighted by molar-refractivity contribution is 7.92. The minimum atomic E-state index is -3.90. The maximum atomic E-state index is 13.1. The number of hydrogen-bond acceptors (Lipinski definition) is 6. The quantitative estimate of drug-likeness (QED) is 0.234. The second-order valence-corrected chi connectivity index (χ2v) is 14.3. The van der Waals surface area contributed by atoms with Gasteiger partial charge in [-0.15, -0.1) is 31.5 Å². The minimum Gasteiger partial charge on any atom is -0.354 e. The van der Waals surface area contributed by atoms with Gasteiger partial charge in [-0.25, -0.2) is 0 Å². The molecule has 2 aromatic carbocycles. The van der Waals surface area contributed by atoms with Crippen LogP contribution in [0, 0.1) is 0 Å². The number of sulfonamides is 2. The molecule has 0 amide bonds. The van der Waals surface area contributed by atoms with Gasteiger partial charge in [0.15, 0.2) is 0 Å². The summed E-state index contributed by atoms with van der Waals surface area (Å²) in [6.07, 6.45) is 0.649. The van der Waals surface area contributed by atoms with Crippen LogP contribution < -0.4 is 0 Å². The number of rotatable bonds is 6. The summed E-state index contributed by atoms with van der Waals surface area (Å²) < 4.78 is 61.5. The predicted octanol–water partition coefficient (Wildman–Crippen LogP) is 4.79. The van der Waals surface area contributed by atoms with Crippen molar-refractivity contribution in [2.24, 2.45) is 8.80 Å². The van der Waals surface area contributed by atoms with Crippen LogP contribution in [0.2, 0.25) is 0 Å². The van der Waals surface area contributed by atoms with E-state index in [-0.39, 0.29) is 8.42 Å². The molecule has 1 aliphatic rings. The van der Waals surface area contributed by atoms with E-state index in [0.717, 1.165) is 22.7 Å². The summed E-state index contributed by atoms with van der Waals surface area (Å²) in [5.41, 5.74) is 1.40. The number of thiophene rings is 2. The van der Waals surface area contributed by atoms with Crippen molar-refractivity contribution in [2.75, 3.05) is 26.2 Å². The second kappa shape index (κ2) is 11.8. The van der Waals surface area contributed by atoms with Crippen molar-refractivity contribution in [1.29, 1.82) is 0 Å². The van der Waals surface area contributed by atoms with E-state index in [0.29, 0.717) is 55.4 Å². The van der Waals surface area contributed by atoms with Crippen molar-refractivity contribution >= 4 is 54.4 Å². The summed E-state index contributed by atoms with van der Waals surface area (Å²) in [4.78, 5) is 3.91. The van der Waals surface area contributed by atoms with Crippen LogP contribution in [0.15, 0.2) is 113 Å². The number of amidine groups is 2. The van der Waals surface area contributed by atoms with Gasteiger partial charge in [-0.3, -0.25) is 0 Å². The Hall–Kier alpha value is -3.32. The third-order valence-electron chi connectivity index (χ3n) is 6.07. The molecule has 1 aliphatic heterocycles. The van der Waals surface area contributed by atoms with E-state index in [1.54, 1.807) is 35.0 Å². The Labute approximate surface area is 236 Å². The topological polar surface area (TPSA) is 99.5 Å². The first-order valence-electron chi connectivity index (χ1n) is 12.2. The molecule has 1 fully saturated rings. The first-order chi connectivity index (χ1) is 18.8. The fourth-order valence-electron chi connectivity index (χ4n) is 4.24. The van der Waals surface area contributed by atoms with Gasteiger partial charge in [0.1, 0.15) is 20.1 Å². The van der Waals surface area contributed by atoms with Gasteiger partial charge in [-0.2, -0.15) is 16.8 Å². The lowest BCUT2D eigenvalue weighted by Crippen LogP contribution is -2.38. The molecule has 0 spiro atoms. The Balaban J connectivity index is 1.49. The average molecular weight is 599 g/mol. The van der Waals surface area contributed by atoms with Gasteiger partial charge < -0.3 is 9.80 Å². The predicted molar refractivity (Wildman–Crippen MR) is 157 cm³/mol. The number of benzene rings is 2. The zero-order valence-electron chi connectivity index (χ0n) is 20.8. The largest absolute Gasteiger partial charge is 0.354 e. The normalized spacial score (nSPS) is 15.8. The SMILES string of the molecule is O=S(=O)(/N=C(/c1ccccc1)N1CCCN(/C(=N\S(=O)(=O)c2cccs2)c2ccccc2)CC1)c1cccs1. The molecule has 202 valence electrons. The fourth-order valence-corrected chi connectivity index (χ4v) is 8.24. The molecular weight excluding hydrogens is 573 g/mol. The van der Waals surface area contributed by atoms with Gasteiger partial charge in [0.05, 0.1) is 0 Å². The van der Waals surface area contributed by atoms with E-state index >= 15 is 0 Å². The van der Waals surface area contributed by atoms with Crippen LogP contribution in [-0.2, 0) is 20.0 Å². The average Bonchev–Trinajstić information content (AvgIpc) is 3.65. The van der Waals surface area contributed by atoms with E-state index in [4.69, 9.17) is 0 Å². The van der Waals surface area contributed by atoms with Crippen LogP contribution in [0.25, 0.3) is 0 Å². The van der Waals surface area contributed by atoms with Gasteiger partial charge >= 0.3 is 0 Å². The smallest absolute Gasteiger partial charge is 0.293 e. The summed E-state index contributed by atoms with van der Waals surface area (Å²) in [6, 6.07) is 25.0. The molecule has 0 atom stereocenters. The maximum Gasteiger partial charge on any atom is 0.293 e. The van der Waals surface area contributed by atoms with Gasteiger partial charge in [-0.1, -0.05) is 72.8 Å². The van der Waals surface area contributed by atoms with Crippen LogP contribution >= 0.6 is 22.7 Å². The van der Waals surface area contributed by atoms with Crippen LogP contribution in [0.4, 0.5) is 0 Å². The van der Waals surface area contributed by atoms with Crippen LogP contribution in [0.5, 0.6) is 0 Å². The minimum absolute atomic E-state index is 0.185. The Morgan fingerprint density at radius 1 is 0.564 bits per heavy atom. The molecule has 0 radical (unpaired) electrons. The summed E-state index contributed by atoms with van der Waals surface area (Å²) >= 11 is 2.26. The molecule has 8 nitrogen and oxygen atoms in total. The van der Waals surface area contributed by atoms with Gasteiger partial charge in [0.2, 0.25) is 0 Å². The molecule has 12 heteroatoms. The molecule has 3 heterocycles. The first-order valence-corrected chi connectivity index (χ1v) is 16.9. The molecule has 0 unspecified atom stereocenters. The Morgan fingerprint density at radius 3 is 1.33 bits per heavy atom. The molecule has 4 aromatic rings. The second-order valence-electron chi connectivity index (χ2n) is 8.70. The van der Waals surface area contributed by atoms with Crippen LogP contribution in [-0.4, -0.2) is 64.5 Å². The third kappa shape index (κ3) is 6.47. The lowest BCUT2D eigenvalue weighted by Gasteiger charge is -2.26. The summed E-state index contributed by atoms with van der Waals surface area (Å²) in [6.45, 7) is 1.95. The van der Waals surface area contributed by atoms with Crippen molar-refractivity contribution in [3.63, 3.8) is 0 Å². The van der Waals surface area contributed by atoms with Crippen molar-refractivity contribution in [3.05, 3.63) is 107 Å². The van der Waals surface area contributed by atoms with Gasteiger partial charge in [0.25, 0.3) is 20.0 Å². The Bertz CT molecular complexity index is 1530. The molecule has 0 bridgehead atoms. The van der Waals surface area contributed by atoms with Crippen molar-refractivity contribution in [2.45, 2.75) is 14.8 Å². The van der Waals surface area contributed by atoms with E-state index < -0.39 is 20.0 Å². The van der Waals surface area contributed by atoms with Crippen molar-refractivity contribution < 1.29 is 16.8 Å². The standard InChI is InChI=1S/C27H26N4O4S4/c32-38(33,24-14-7-20-36-24)28-26(22-10-3-1-4-11-22)30-16-9-17-31(19-18-30)27(23-12-5-2-6-13-23)29-39(34,35)25-15-8-21-37-25/h1-8,10-15,20-21H,9,16-19H2/b28-26-,29-27-. The molecular formula is C27H26N4O4S4. The highest BCUT2D eigenvalue weighted by Gasteiger charge is 2.26. The van der Waals surface area contributed by atoms with Gasteiger partial charge in [-0.05, 0) is 29.3 Å². The Morgan fingerprint density at radius 2 is 0.974 bits per heavy atom. The van der Waals surface area contributed by atoms with E-state index in [2.05, 4.69) is 8.80 Å². The lowest BCUT2D eigenvalue weighted by atomic mass is 10.2. The summed E-state index contributed by atoms with van der Waals surface area (Å²) in [7, 11) is -7.80. The lowest BCUT2D eigenvalue weighted by molar-refractivity contribution is 0.413. The molecule has 0 saturated carbocycles. The Kier molecular flexibility index (Phi) is 8.26. The highest BCUT2D eigenvalue weighted by Crippen LogP contribution is 2.23.